The van der Waals surface area contributed by atoms with Crippen LogP contribution in [0, 0.1) is 6.92 Å². The first-order chi connectivity index (χ1) is 11.6. The highest BCUT2D eigenvalue weighted by molar-refractivity contribution is 6.32. The van der Waals surface area contributed by atoms with Crippen LogP contribution in [-0.2, 0) is 11.3 Å². The SMILES string of the molecule is Cc1cccc(CNC(=O)/C=C/c2cc(Cl)c3c(c2)OCCO3)n1. The number of carbonyl (C=O) groups is 1. The molecule has 1 aliphatic rings. The number of benzene rings is 1. The third kappa shape index (κ3) is 4.06. The third-order valence-corrected chi connectivity index (χ3v) is 3.72. The van der Waals surface area contributed by atoms with E-state index in [-0.39, 0.29) is 5.91 Å². The van der Waals surface area contributed by atoms with E-state index in [0.29, 0.717) is 36.3 Å². The normalized spacial score (nSPS) is 13.1. The van der Waals surface area contributed by atoms with Crippen LogP contribution < -0.4 is 14.8 Å². The number of rotatable bonds is 4. The highest BCUT2D eigenvalue weighted by Gasteiger charge is 2.15. The van der Waals surface area contributed by atoms with Gasteiger partial charge in [0.15, 0.2) is 11.5 Å². The molecule has 3 rings (SSSR count). The standard InChI is InChI=1S/C18H17ClN2O3/c1-12-3-2-4-14(21-12)11-20-17(22)6-5-13-9-15(19)18-16(10-13)23-7-8-24-18/h2-6,9-10H,7-8,11H2,1H3,(H,20,22)/b6-5+. The number of nitrogens with zero attached hydrogens (tertiary/aromatic N) is 1. The van der Waals surface area contributed by atoms with Gasteiger partial charge in [-0.05, 0) is 42.8 Å². The van der Waals surface area contributed by atoms with Crippen molar-refractivity contribution < 1.29 is 14.3 Å². The number of carbonyl (C=O) groups excluding carboxylic acids is 1. The first-order valence-corrected chi connectivity index (χ1v) is 7.97. The van der Waals surface area contributed by atoms with Crippen molar-refractivity contribution in [1.82, 2.24) is 10.3 Å². The van der Waals surface area contributed by atoms with E-state index < -0.39 is 0 Å². The maximum Gasteiger partial charge on any atom is 0.244 e. The lowest BCUT2D eigenvalue weighted by molar-refractivity contribution is -0.116. The van der Waals surface area contributed by atoms with Gasteiger partial charge in [-0.3, -0.25) is 9.78 Å². The molecule has 124 valence electrons. The predicted molar refractivity (Wildman–Crippen MR) is 92.3 cm³/mol. The summed E-state index contributed by atoms with van der Waals surface area (Å²) in [5.74, 6) is 0.942. The average Bonchev–Trinajstić information content (AvgIpc) is 2.58. The fraction of sp³-hybridized carbons (Fsp3) is 0.222. The lowest BCUT2D eigenvalue weighted by Gasteiger charge is -2.19. The molecule has 0 unspecified atom stereocenters. The molecule has 24 heavy (non-hydrogen) atoms. The van der Waals surface area contributed by atoms with Crippen LogP contribution in [0.3, 0.4) is 0 Å². The van der Waals surface area contributed by atoms with E-state index in [4.69, 9.17) is 21.1 Å². The molecule has 1 aliphatic heterocycles. The van der Waals surface area contributed by atoms with Gasteiger partial charge in [0.25, 0.3) is 0 Å². The Kier molecular flexibility index (Phi) is 5.01. The summed E-state index contributed by atoms with van der Waals surface area (Å²) in [7, 11) is 0. The second-order valence-corrected chi connectivity index (χ2v) is 5.76. The van der Waals surface area contributed by atoms with Crippen molar-refractivity contribution >= 4 is 23.6 Å². The molecule has 2 aromatic rings. The predicted octanol–water partition coefficient (Wildman–Crippen LogP) is 3.14. The van der Waals surface area contributed by atoms with Gasteiger partial charge in [-0.25, -0.2) is 0 Å². The van der Waals surface area contributed by atoms with Crippen LogP contribution in [0.2, 0.25) is 5.02 Å². The van der Waals surface area contributed by atoms with Gasteiger partial charge in [-0.15, -0.1) is 0 Å². The maximum atomic E-state index is 11.9. The lowest BCUT2D eigenvalue weighted by Crippen LogP contribution is -2.21. The zero-order chi connectivity index (χ0) is 16.9. The maximum absolute atomic E-state index is 11.9. The molecule has 0 spiro atoms. The van der Waals surface area contributed by atoms with Crippen LogP contribution >= 0.6 is 11.6 Å². The summed E-state index contributed by atoms with van der Waals surface area (Å²) in [5.41, 5.74) is 2.51. The van der Waals surface area contributed by atoms with E-state index in [9.17, 15) is 4.79 Å². The van der Waals surface area contributed by atoms with E-state index in [2.05, 4.69) is 10.3 Å². The number of ether oxygens (including phenoxy) is 2. The number of aromatic nitrogens is 1. The Bertz CT molecular complexity index is 790. The van der Waals surface area contributed by atoms with Crippen molar-refractivity contribution in [1.29, 1.82) is 0 Å². The number of nitrogens with one attached hydrogen (secondary N) is 1. The fourth-order valence-corrected chi connectivity index (χ4v) is 2.61. The number of pyridine rings is 1. The van der Waals surface area contributed by atoms with Gasteiger partial charge in [0, 0.05) is 11.8 Å². The lowest BCUT2D eigenvalue weighted by atomic mass is 10.1. The molecule has 1 aromatic carbocycles. The number of fused-ring (bicyclic) bond motifs is 1. The molecule has 0 bridgehead atoms. The van der Waals surface area contributed by atoms with Crippen LogP contribution in [-0.4, -0.2) is 24.1 Å². The summed E-state index contributed by atoms with van der Waals surface area (Å²) in [6, 6.07) is 9.23. The molecule has 1 aromatic heterocycles. The molecular formula is C18H17ClN2O3. The van der Waals surface area contributed by atoms with Crippen LogP contribution in [0.1, 0.15) is 17.0 Å². The van der Waals surface area contributed by atoms with Gasteiger partial charge < -0.3 is 14.8 Å². The van der Waals surface area contributed by atoms with Gasteiger partial charge in [0.1, 0.15) is 13.2 Å². The zero-order valence-electron chi connectivity index (χ0n) is 13.2. The van der Waals surface area contributed by atoms with Crippen molar-refractivity contribution in [3.8, 4) is 11.5 Å². The summed E-state index contributed by atoms with van der Waals surface area (Å²) < 4.78 is 11.0. The Labute approximate surface area is 145 Å². The monoisotopic (exact) mass is 344 g/mol. The fourth-order valence-electron chi connectivity index (χ4n) is 2.33. The first kappa shape index (κ1) is 16.3. The summed E-state index contributed by atoms with van der Waals surface area (Å²) >= 11 is 6.17. The molecule has 0 fully saturated rings. The minimum absolute atomic E-state index is 0.204. The highest BCUT2D eigenvalue weighted by atomic mass is 35.5. The largest absolute Gasteiger partial charge is 0.486 e. The Hall–Kier alpha value is -2.53. The van der Waals surface area contributed by atoms with Crippen LogP contribution in [0.5, 0.6) is 11.5 Å². The molecule has 5 nitrogen and oxygen atoms in total. The highest BCUT2D eigenvalue weighted by Crippen LogP contribution is 2.38. The molecule has 0 radical (unpaired) electrons. The molecule has 2 heterocycles. The number of hydrogen-bond donors (Lipinski definition) is 1. The molecule has 1 N–H and O–H groups in total. The number of aryl methyl sites for hydroxylation is 1. The van der Waals surface area contributed by atoms with E-state index in [1.807, 2.05) is 25.1 Å². The van der Waals surface area contributed by atoms with Crippen molar-refractivity contribution in [3.63, 3.8) is 0 Å². The number of amides is 1. The van der Waals surface area contributed by atoms with Crippen molar-refractivity contribution in [3.05, 3.63) is 58.4 Å². The Balaban J connectivity index is 1.63. The number of halogens is 1. The Morgan fingerprint density at radius 1 is 1.33 bits per heavy atom. The molecule has 6 heteroatoms. The van der Waals surface area contributed by atoms with Gasteiger partial charge in [-0.1, -0.05) is 17.7 Å². The molecule has 0 aliphatic carbocycles. The Morgan fingerprint density at radius 3 is 3.00 bits per heavy atom. The van der Waals surface area contributed by atoms with Gasteiger partial charge in [0.2, 0.25) is 5.91 Å². The summed E-state index contributed by atoms with van der Waals surface area (Å²) in [6.45, 7) is 3.27. The van der Waals surface area contributed by atoms with E-state index in [1.54, 1.807) is 18.2 Å². The molecular weight excluding hydrogens is 328 g/mol. The average molecular weight is 345 g/mol. The minimum atomic E-state index is -0.204. The first-order valence-electron chi connectivity index (χ1n) is 7.59. The van der Waals surface area contributed by atoms with Crippen LogP contribution in [0.15, 0.2) is 36.4 Å². The summed E-state index contributed by atoms with van der Waals surface area (Å²) in [5, 5.41) is 3.26. The second kappa shape index (κ2) is 7.36. The van der Waals surface area contributed by atoms with Crippen LogP contribution in [0.25, 0.3) is 6.08 Å². The third-order valence-electron chi connectivity index (χ3n) is 3.44. The summed E-state index contributed by atoms with van der Waals surface area (Å²) in [4.78, 5) is 16.3. The minimum Gasteiger partial charge on any atom is -0.486 e. The smallest absolute Gasteiger partial charge is 0.244 e. The van der Waals surface area contributed by atoms with E-state index in [0.717, 1.165) is 17.0 Å². The van der Waals surface area contributed by atoms with Crippen molar-refractivity contribution in [2.75, 3.05) is 13.2 Å². The van der Waals surface area contributed by atoms with Crippen molar-refractivity contribution in [2.45, 2.75) is 13.5 Å². The van der Waals surface area contributed by atoms with Gasteiger partial charge >= 0.3 is 0 Å². The molecule has 0 saturated carbocycles. The van der Waals surface area contributed by atoms with Gasteiger partial charge in [0.05, 0.1) is 17.3 Å². The topological polar surface area (TPSA) is 60.5 Å². The van der Waals surface area contributed by atoms with Gasteiger partial charge in [-0.2, -0.15) is 0 Å². The van der Waals surface area contributed by atoms with Crippen molar-refractivity contribution in [2.24, 2.45) is 0 Å². The molecule has 1 amide bonds. The zero-order valence-corrected chi connectivity index (χ0v) is 14.0. The second-order valence-electron chi connectivity index (χ2n) is 5.35. The summed E-state index contributed by atoms with van der Waals surface area (Å²) in [6.07, 6.45) is 3.14. The van der Waals surface area contributed by atoms with E-state index >= 15 is 0 Å². The number of hydrogen-bond acceptors (Lipinski definition) is 4. The van der Waals surface area contributed by atoms with E-state index in [1.165, 1.54) is 6.08 Å². The quantitative estimate of drug-likeness (QED) is 0.866. The molecule has 0 saturated heterocycles. The van der Waals surface area contributed by atoms with Crippen LogP contribution in [0.4, 0.5) is 0 Å². The Morgan fingerprint density at radius 2 is 2.17 bits per heavy atom. The molecule has 0 atom stereocenters.